The second kappa shape index (κ2) is 9.89. The van der Waals surface area contributed by atoms with Crippen molar-refractivity contribution in [2.45, 2.75) is 43.0 Å². The Balaban J connectivity index is 0.000000226. The van der Waals surface area contributed by atoms with Gasteiger partial charge in [0.2, 0.25) is 0 Å². The van der Waals surface area contributed by atoms with E-state index < -0.39 is 21.5 Å². The molecule has 3 aromatic carbocycles. The highest BCUT2D eigenvalue weighted by atomic mass is 35.5. The Kier molecular flexibility index (Phi) is 7.04. The Morgan fingerprint density at radius 3 is 2.29 bits per heavy atom. The van der Waals surface area contributed by atoms with E-state index in [0.717, 1.165) is 29.9 Å². The van der Waals surface area contributed by atoms with Crippen molar-refractivity contribution < 1.29 is 26.9 Å². The van der Waals surface area contributed by atoms with Gasteiger partial charge in [0.1, 0.15) is 5.60 Å². The van der Waals surface area contributed by atoms with Crippen LogP contribution in [0.15, 0.2) is 64.6 Å². The van der Waals surface area contributed by atoms with E-state index in [4.69, 9.17) is 37.3 Å². The molecule has 3 aliphatic heterocycles. The molecule has 6 rings (SSSR count). The predicted molar refractivity (Wildman–Crippen MR) is 143 cm³/mol. The number of hydrogen-bond donors (Lipinski definition) is 2. The topological polar surface area (TPSA) is 97.2 Å². The van der Waals surface area contributed by atoms with Crippen LogP contribution in [0, 0.1) is 12.7 Å². The van der Waals surface area contributed by atoms with Crippen LogP contribution in [0.4, 0.5) is 4.39 Å². The number of nitrogens with zero attached hydrogens (tertiary/aromatic N) is 1. The van der Waals surface area contributed by atoms with E-state index in [2.05, 4.69) is 28.7 Å². The summed E-state index contributed by atoms with van der Waals surface area (Å²) in [5, 5.41) is 7.53. The fourth-order valence-electron chi connectivity index (χ4n) is 4.70. The molecule has 1 saturated heterocycles. The highest BCUT2D eigenvalue weighted by Crippen LogP contribution is 2.42. The van der Waals surface area contributed by atoms with Gasteiger partial charge in [0.05, 0.1) is 27.3 Å². The lowest BCUT2D eigenvalue weighted by Crippen LogP contribution is -2.56. The number of hydrogen-bond acceptors (Lipinski definition) is 6. The number of halogens is 3. The van der Waals surface area contributed by atoms with Gasteiger partial charge >= 0.3 is 0 Å². The van der Waals surface area contributed by atoms with Crippen LogP contribution in [0.5, 0.6) is 0 Å². The quantitative estimate of drug-likeness (QED) is 0.304. The number of ether oxygens (including phenoxy) is 1. The van der Waals surface area contributed by atoms with Gasteiger partial charge in [-0.05, 0) is 60.9 Å². The first-order valence-electron chi connectivity index (χ1n) is 11.8. The molecule has 0 saturated carbocycles. The second-order valence-corrected chi connectivity index (χ2v) is 12.1. The zero-order valence-corrected chi connectivity index (χ0v) is 22.9. The van der Waals surface area contributed by atoms with E-state index >= 15 is 0 Å². The Morgan fingerprint density at radius 2 is 1.71 bits per heavy atom. The first-order chi connectivity index (χ1) is 17.9. The third-order valence-electron chi connectivity index (χ3n) is 7.03. The van der Waals surface area contributed by atoms with Gasteiger partial charge in [-0.15, -0.1) is 0 Å². The predicted octanol–water partition coefficient (Wildman–Crippen LogP) is 5.74. The molecule has 0 radical (unpaired) electrons. The van der Waals surface area contributed by atoms with Gasteiger partial charge in [0.25, 0.3) is 10.1 Å². The van der Waals surface area contributed by atoms with Crippen molar-refractivity contribution in [3.63, 3.8) is 0 Å². The maximum atomic E-state index is 13.7. The molecule has 0 bridgehead atoms. The Bertz CT molecular complexity index is 1520. The molecule has 0 amide bonds. The van der Waals surface area contributed by atoms with E-state index in [-0.39, 0.29) is 20.5 Å². The van der Waals surface area contributed by atoms with Crippen LogP contribution in [0.1, 0.15) is 41.2 Å². The molecule has 38 heavy (non-hydrogen) atoms. The van der Waals surface area contributed by atoms with Gasteiger partial charge in [-0.25, -0.2) is 4.39 Å². The molecule has 3 heterocycles. The molecule has 3 aliphatic rings. The molecule has 0 aromatic heterocycles. The molecule has 0 aliphatic carbocycles. The van der Waals surface area contributed by atoms with Gasteiger partial charge < -0.3 is 14.9 Å². The molecule has 7 nitrogen and oxygen atoms in total. The lowest BCUT2D eigenvalue weighted by molar-refractivity contribution is -0.0746. The minimum absolute atomic E-state index is 0.0233. The molecule has 11 heteroatoms. The van der Waals surface area contributed by atoms with E-state index in [9.17, 15) is 12.8 Å². The standard InChI is InChI=1S/C20H17Cl2FN2O2.C7H8O3S/c1-19(13-5-15(21)18(23)16(22)6-13)7-17(25-27-19)11-2-3-14-12(4-11)8-26-20(14)9-24-10-20;1-6-2-4-7(5-3-6)11(8,9)10/h2-6,24H,7-10H2,1H3;2-5H,1H3,(H,8,9,10). The van der Waals surface area contributed by atoms with Gasteiger partial charge in [0, 0.05) is 25.1 Å². The lowest BCUT2D eigenvalue weighted by atomic mass is 9.85. The minimum atomic E-state index is -4.02. The number of rotatable bonds is 3. The average Bonchev–Trinajstić information content (AvgIpc) is 3.44. The summed E-state index contributed by atoms with van der Waals surface area (Å²) in [4.78, 5) is 5.68. The number of fused-ring (bicyclic) bond motifs is 2. The third kappa shape index (κ3) is 5.06. The van der Waals surface area contributed by atoms with E-state index in [1.807, 2.05) is 13.8 Å². The van der Waals surface area contributed by atoms with E-state index in [0.29, 0.717) is 18.6 Å². The number of aryl methyl sites for hydroxylation is 1. The molecule has 2 N–H and O–H groups in total. The number of oxime groups is 1. The van der Waals surface area contributed by atoms with Crippen molar-refractivity contribution in [3.05, 3.63) is 98.3 Å². The van der Waals surface area contributed by atoms with Crippen molar-refractivity contribution in [2.24, 2.45) is 5.16 Å². The van der Waals surface area contributed by atoms with Gasteiger partial charge in [-0.3, -0.25) is 4.55 Å². The lowest BCUT2D eigenvalue weighted by Gasteiger charge is -2.39. The molecule has 1 unspecified atom stereocenters. The summed E-state index contributed by atoms with van der Waals surface area (Å²) in [6.45, 7) is 6.06. The zero-order valence-electron chi connectivity index (χ0n) is 20.6. The first-order valence-corrected chi connectivity index (χ1v) is 14.0. The molecule has 1 spiro atoms. The highest BCUT2D eigenvalue weighted by molar-refractivity contribution is 7.85. The summed E-state index contributed by atoms with van der Waals surface area (Å²) in [6.07, 6.45) is 0.539. The van der Waals surface area contributed by atoms with E-state index in [1.54, 1.807) is 24.3 Å². The Morgan fingerprint density at radius 1 is 1.05 bits per heavy atom. The summed E-state index contributed by atoms with van der Waals surface area (Å²) in [5.74, 6) is -0.622. The summed E-state index contributed by atoms with van der Waals surface area (Å²) in [6, 6.07) is 15.4. The van der Waals surface area contributed by atoms with Gasteiger partial charge in [0.15, 0.2) is 11.4 Å². The smallest absolute Gasteiger partial charge is 0.294 e. The highest BCUT2D eigenvalue weighted by Gasteiger charge is 2.45. The fraction of sp³-hybridized carbons (Fsp3) is 0.296. The Labute approximate surface area is 230 Å². The van der Waals surface area contributed by atoms with Crippen LogP contribution < -0.4 is 5.32 Å². The zero-order chi connectivity index (χ0) is 27.3. The number of benzene rings is 3. The summed E-state index contributed by atoms with van der Waals surface area (Å²) >= 11 is 11.9. The van der Waals surface area contributed by atoms with Crippen LogP contribution in [0.25, 0.3) is 0 Å². The average molecular weight is 579 g/mol. The van der Waals surface area contributed by atoms with E-state index in [1.165, 1.54) is 23.3 Å². The van der Waals surface area contributed by atoms with Gasteiger partial charge in [-0.1, -0.05) is 58.2 Å². The van der Waals surface area contributed by atoms with Crippen molar-refractivity contribution in [1.82, 2.24) is 5.32 Å². The summed E-state index contributed by atoms with van der Waals surface area (Å²) in [5.41, 5.74) is 5.04. The van der Waals surface area contributed by atoms with Crippen LogP contribution in [0.2, 0.25) is 10.0 Å². The minimum Gasteiger partial charge on any atom is -0.384 e. The normalized spacial score (nSPS) is 21.2. The molecular formula is C27H25Cl2FN2O5S. The van der Waals surface area contributed by atoms with Crippen molar-refractivity contribution in [1.29, 1.82) is 0 Å². The molecule has 3 aromatic rings. The van der Waals surface area contributed by atoms with Gasteiger partial charge in [-0.2, -0.15) is 8.42 Å². The molecule has 200 valence electrons. The largest absolute Gasteiger partial charge is 0.384 e. The monoisotopic (exact) mass is 578 g/mol. The SMILES string of the molecule is CC1(c2cc(Cl)c(F)c(Cl)c2)CC(c2ccc3c(c2)COC32CNC2)=NO1.Cc1ccc(S(=O)(=O)O)cc1. The van der Waals surface area contributed by atoms with Crippen molar-refractivity contribution in [3.8, 4) is 0 Å². The van der Waals surface area contributed by atoms with Crippen LogP contribution in [-0.2, 0) is 37.5 Å². The van der Waals surface area contributed by atoms with Crippen LogP contribution >= 0.6 is 23.2 Å². The fourth-order valence-corrected chi connectivity index (χ4v) is 5.66. The van der Waals surface area contributed by atoms with Crippen LogP contribution in [-0.4, -0.2) is 31.8 Å². The van der Waals surface area contributed by atoms with Crippen molar-refractivity contribution in [2.75, 3.05) is 13.1 Å². The second-order valence-electron chi connectivity index (χ2n) is 9.84. The maximum absolute atomic E-state index is 13.7. The number of nitrogens with one attached hydrogen (secondary N) is 1. The molecule has 1 atom stereocenters. The molecule has 1 fully saturated rings. The first kappa shape index (κ1) is 27.1. The summed E-state index contributed by atoms with van der Waals surface area (Å²) in [7, 11) is -4.02. The summed E-state index contributed by atoms with van der Waals surface area (Å²) < 4.78 is 49.3. The maximum Gasteiger partial charge on any atom is 0.294 e. The molecular weight excluding hydrogens is 554 g/mol. The third-order valence-corrected chi connectivity index (χ3v) is 8.45. The van der Waals surface area contributed by atoms with Crippen molar-refractivity contribution >= 4 is 39.0 Å². The van der Waals surface area contributed by atoms with Crippen LogP contribution in [0.3, 0.4) is 0 Å². The Hall–Kier alpha value is -2.53.